The van der Waals surface area contributed by atoms with Gasteiger partial charge in [-0.05, 0) is 6.42 Å². The van der Waals surface area contributed by atoms with Gasteiger partial charge in [0, 0.05) is 55.9 Å². The van der Waals surface area contributed by atoms with Crippen LogP contribution in [0.1, 0.15) is 51.9 Å². The Balaban J connectivity index is 1.11. The Bertz CT molecular complexity index is 2090. The van der Waals surface area contributed by atoms with Gasteiger partial charge in [0.2, 0.25) is 16.8 Å². The largest absolute Gasteiger partial charge is 0.503 e. The lowest BCUT2D eigenvalue weighted by Crippen LogP contribution is -2.74. The van der Waals surface area contributed by atoms with E-state index in [4.69, 9.17) is 15.1 Å². The van der Waals surface area contributed by atoms with E-state index >= 15 is 0 Å². The van der Waals surface area contributed by atoms with Crippen molar-refractivity contribution in [3.8, 4) is 5.75 Å². The third-order valence-corrected chi connectivity index (χ3v) is 10.3. The topological polar surface area (TPSA) is 339 Å². The van der Waals surface area contributed by atoms with Crippen LogP contribution >= 0.6 is 11.8 Å². The number of nitrogens with zero attached hydrogens (tertiary/aromatic N) is 5. The van der Waals surface area contributed by atoms with Gasteiger partial charge >= 0.3 is 16.3 Å². The number of amides is 4. The van der Waals surface area contributed by atoms with Crippen molar-refractivity contribution in [1.29, 1.82) is 0 Å². The molecule has 0 bridgehead atoms. The number of nitrogens with two attached hydrogens (primary N) is 1. The number of carboxylic acid groups (broad SMARTS) is 1. The van der Waals surface area contributed by atoms with Crippen molar-refractivity contribution in [2.24, 2.45) is 10.9 Å². The summed E-state index contributed by atoms with van der Waals surface area (Å²) in [6.45, 7) is -0.403. The third kappa shape index (κ3) is 6.97. The average molecular weight is 768 g/mol. The van der Waals surface area contributed by atoms with Crippen LogP contribution in [0.2, 0.25) is 0 Å². The Morgan fingerprint density at radius 2 is 1.96 bits per heavy atom. The number of hydrogen-bond acceptors (Lipinski definition) is 17. The number of thioether (sulfide) groups is 1. The highest BCUT2D eigenvalue weighted by Crippen LogP contribution is 2.40. The van der Waals surface area contributed by atoms with E-state index in [0.717, 1.165) is 17.8 Å². The Morgan fingerprint density at radius 3 is 2.60 bits per heavy atom. The lowest BCUT2D eigenvalue weighted by Gasteiger charge is -2.44. The van der Waals surface area contributed by atoms with E-state index in [2.05, 4.69) is 26.3 Å². The number of carbonyl (C=O) groups is 5. The number of nitrogens with one attached hydrogen (secondary N) is 3. The van der Waals surface area contributed by atoms with E-state index in [1.165, 1.54) is 16.4 Å². The summed E-state index contributed by atoms with van der Waals surface area (Å²) in [4.78, 5) is 81.8. The molecule has 5 heterocycles. The summed E-state index contributed by atoms with van der Waals surface area (Å²) in [6.07, 6.45) is 1.28. The lowest BCUT2D eigenvalue weighted by molar-refractivity contribution is -0.153. The Morgan fingerprint density at radius 1 is 1.23 bits per heavy atom. The van der Waals surface area contributed by atoms with Gasteiger partial charge < -0.3 is 51.4 Å². The summed E-state index contributed by atoms with van der Waals surface area (Å²) in [5, 5.41) is 45.1. The monoisotopic (exact) mass is 767 g/mol. The summed E-state index contributed by atoms with van der Waals surface area (Å²) >= 11 is 1.05. The number of rotatable bonds is 12. The zero-order valence-corrected chi connectivity index (χ0v) is 28.0. The maximum atomic E-state index is 13.3. The van der Waals surface area contributed by atoms with Crippen LogP contribution < -0.4 is 27.1 Å². The molecule has 2 aromatic heterocycles. The molecule has 4 aliphatic rings. The van der Waals surface area contributed by atoms with Crippen molar-refractivity contribution in [2.75, 3.05) is 19.6 Å². The summed E-state index contributed by atoms with van der Waals surface area (Å²) in [5.74, 6) is -6.84. The van der Waals surface area contributed by atoms with E-state index in [1.54, 1.807) is 0 Å². The van der Waals surface area contributed by atoms with Crippen molar-refractivity contribution in [3.05, 3.63) is 56.8 Å². The van der Waals surface area contributed by atoms with Gasteiger partial charge in [-0.2, -0.15) is 13.1 Å². The predicted molar refractivity (Wildman–Crippen MR) is 171 cm³/mol. The molecule has 1 aliphatic carbocycles. The number of carbonyl (C=O) groups excluding carboxylic acids is 4. The molecule has 2 aromatic rings. The van der Waals surface area contributed by atoms with E-state index in [1.807, 2.05) is 0 Å². The van der Waals surface area contributed by atoms with Crippen molar-refractivity contribution in [2.45, 2.75) is 48.4 Å². The molecule has 278 valence electrons. The van der Waals surface area contributed by atoms with Crippen LogP contribution in [0, 0.1) is 0 Å². The number of carboxylic acids is 1. The molecule has 4 atom stereocenters. The Labute approximate surface area is 295 Å². The number of aromatic nitrogens is 2. The quantitative estimate of drug-likeness (QED) is 0.0352. The van der Waals surface area contributed by atoms with Crippen LogP contribution in [0.5, 0.6) is 5.75 Å². The molecule has 23 nitrogen and oxygen atoms in total. The second-order valence-corrected chi connectivity index (χ2v) is 14.3. The summed E-state index contributed by atoms with van der Waals surface area (Å²) < 4.78 is 39.2. The maximum absolute atomic E-state index is 13.3. The molecule has 2 saturated heterocycles. The fourth-order valence-corrected chi connectivity index (χ4v) is 7.09. The third-order valence-electron chi connectivity index (χ3n) is 8.56. The van der Waals surface area contributed by atoms with Crippen LogP contribution in [0.15, 0.2) is 43.9 Å². The zero-order valence-electron chi connectivity index (χ0n) is 26.4. The van der Waals surface area contributed by atoms with Crippen molar-refractivity contribution in [1.82, 2.24) is 35.0 Å². The molecule has 25 heteroatoms. The second kappa shape index (κ2) is 13.5. The number of likely N-dealkylation sites (tertiary alicyclic amines) is 1. The van der Waals surface area contributed by atoms with E-state index in [0.29, 0.717) is 17.3 Å². The standard InChI is InChI=1S/C27H29N9O14S2/c28-26-30-13(10-51-26)19(33-50-27(2-3-27)25(43)44)22(40)31-20-15(36(24(20)42)52(46,47)48)7-29-21(39)18-5-12(32-49-18)11-1-4-34(8-11)23(41)14-6-16(37)17(38)9-35(14)45/h5-6,9-11,15,20,26,30,38,45H,1-4,7-8,28H2,(H,29,39)(H,31,40)(H,43,44)(H,46,47,48)/b33-19-. The molecular weight excluding hydrogens is 738 g/mol. The highest BCUT2D eigenvalue weighted by molar-refractivity contribution is 8.02. The number of oxime groups is 1. The van der Waals surface area contributed by atoms with Gasteiger partial charge in [0.1, 0.15) is 17.2 Å². The van der Waals surface area contributed by atoms with E-state index < -0.39 is 92.4 Å². The fourth-order valence-electron chi connectivity index (χ4n) is 5.56. The van der Waals surface area contributed by atoms with Crippen LogP contribution in [-0.2, 0) is 29.5 Å². The number of aliphatic carboxylic acids is 1. The van der Waals surface area contributed by atoms with Gasteiger partial charge in [0.05, 0.1) is 23.6 Å². The second-order valence-electron chi connectivity index (χ2n) is 12.0. The highest BCUT2D eigenvalue weighted by atomic mass is 32.2. The lowest BCUT2D eigenvalue weighted by atomic mass is 9.98. The van der Waals surface area contributed by atoms with Crippen LogP contribution in [0.3, 0.4) is 0 Å². The summed E-state index contributed by atoms with van der Waals surface area (Å²) in [7, 11) is -5.16. The van der Waals surface area contributed by atoms with Gasteiger partial charge in [-0.3, -0.25) is 28.5 Å². The van der Waals surface area contributed by atoms with Gasteiger partial charge in [0.25, 0.3) is 23.6 Å². The number of β-lactam (4-membered cyclic amide) rings is 1. The van der Waals surface area contributed by atoms with Crippen LogP contribution in [-0.4, -0.2) is 126 Å². The first-order valence-electron chi connectivity index (χ1n) is 15.2. The number of pyridine rings is 1. The predicted octanol–water partition coefficient (Wildman–Crippen LogP) is -2.95. The van der Waals surface area contributed by atoms with Crippen molar-refractivity contribution < 1.29 is 61.7 Å². The molecule has 4 amide bonds. The Hall–Kier alpha value is -5.66. The highest BCUT2D eigenvalue weighted by Gasteiger charge is 2.56. The molecule has 0 radical (unpaired) electrons. The Kier molecular flexibility index (Phi) is 9.36. The fraction of sp³-hybridized carbons (Fsp3) is 0.407. The molecule has 0 aromatic carbocycles. The van der Waals surface area contributed by atoms with Gasteiger partial charge in [0.15, 0.2) is 11.5 Å². The summed E-state index contributed by atoms with van der Waals surface area (Å²) in [5.41, 5.74) is 1.95. The first-order chi connectivity index (χ1) is 24.5. The average Bonchev–Trinajstić information content (AvgIpc) is 3.40. The molecule has 3 aliphatic heterocycles. The van der Waals surface area contributed by atoms with Gasteiger partial charge in [-0.25, -0.2) is 9.10 Å². The minimum Gasteiger partial charge on any atom is -0.503 e. The molecule has 1 saturated carbocycles. The molecule has 3 fully saturated rings. The van der Waals surface area contributed by atoms with Gasteiger partial charge in [-0.1, -0.05) is 22.1 Å². The van der Waals surface area contributed by atoms with E-state index in [9.17, 15) is 57.2 Å². The van der Waals surface area contributed by atoms with Crippen molar-refractivity contribution in [3.63, 3.8) is 0 Å². The molecule has 9 N–H and O–H groups in total. The molecule has 6 rings (SSSR count). The molecule has 0 spiro atoms. The first-order valence-corrected chi connectivity index (χ1v) is 17.5. The van der Waals surface area contributed by atoms with E-state index in [-0.39, 0.29) is 53.1 Å². The maximum Gasteiger partial charge on any atom is 0.362 e. The normalized spacial score (nSPS) is 23.7. The number of hydrogen-bond donors (Lipinski definition) is 8. The minimum absolute atomic E-state index is 0.0179. The van der Waals surface area contributed by atoms with Crippen LogP contribution in [0.25, 0.3) is 0 Å². The van der Waals surface area contributed by atoms with Crippen molar-refractivity contribution >= 4 is 57.4 Å². The molecule has 52 heavy (non-hydrogen) atoms. The van der Waals surface area contributed by atoms with Gasteiger partial charge in [-0.15, -0.1) is 0 Å². The molecular formula is C27H29N9O14S2. The molecule has 4 unspecified atom stereocenters. The van der Waals surface area contributed by atoms with Crippen LogP contribution in [0.4, 0.5) is 0 Å². The smallest absolute Gasteiger partial charge is 0.362 e. The first kappa shape index (κ1) is 36.1. The zero-order chi connectivity index (χ0) is 37.7. The SMILES string of the molecule is NC1NC(/C(=N/OC2(C(=O)O)CC2)C(=O)NC2C(=O)N(S(=O)(=O)O)C2CNC(=O)c2cc(C3CCN(C(=O)c4cc(=O)c(O)cn4O)C3)no2)=CS1. The summed E-state index contributed by atoms with van der Waals surface area (Å²) in [6, 6.07) is -1.13. The minimum atomic E-state index is -5.16. The number of aromatic hydroxyl groups is 1.